The van der Waals surface area contributed by atoms with E-state index in [0.717, 1.165) is 0 Å². The van der Waals surface area contributed by atoms with E-state index < -0.39 is 18.1 Å². The second kappa shape index (κ2) is 8.67. The molecule has 21 heavy (non-hydrogen) atoms. The summed E-state index contributed by atoms with van der Waals surface area (Å²) in [6.07, 6.45) is 0.800. The minimum atomic E-state index is -1.09. The number of hydrogen-bond acceptors (Lipinski definition) is 7. The number of carboxylic acids is 1. The molecule has 1 aromatic heterocycles. The van der Waals surface area contributed by atoms with Crippen LogP contribution in [-0.2, 0) is 27.2 Å². The molecule has 0 aromatic carbocycles. The molecule has 0 aliphatic carbocycles. The second-order valence-corrected chi connectivity index (χ2v) is 4.83. The molecule has 0 spiro atoms. The molecule has 9 nitrogen and oxygen atoms in total. The molecule has 0 aliphatic heterocycles. The van der Waals surface area contributed by atoms with Crippen molar-refractivity contribution >= 4 is 5.97 Å². The molecular formula is C12H22N4O5. The summed E-state index contributed by atoms with van der Waals surface area (Å²) in [6.45, 7) is 2.65. The zero-order valence-corrected chi connectivity index (χ0v) is 12.2. The van der Waals surface area contributed by atoms with Crippen LogP contribution in [0.2, 0.25) is 0 Å². The van der Waals surface area contributed by atoms with Crippen LogP contribution < -0.4 is 5.73 Å². The zero-order valence-electron chi connectivity index (χ0n) is 12.2. The Balaban J connectivity index is 2.38. The molecule has 0 bridgehead atoms. The van der Waals surface area contributed by atoms with Crippen LogP contribution in [0.25, 0.3) is 0 Å². The SMILES string of the molecule is COCC(C)OCC(O)Cn1cc(CC(N)C(=O)O)nn1. The van der Waals surface area contributed by atoms with Gasteiger partial charge in [-0.2, -0.15) is 0 Å². The first-order chi connectivity index (χ1) is 9.92. The van der Waals surface area contributed by atoms with Crippen LogP contribution in [0.3, 0.4) is 0 Å². The van der Waals surface area contributed by atoms with Gasteiger partial charge in [0.25, 0.3) is 0 Å². The average molecular weight is 302 g/mol. The Morgan fingerprint density at radius 2 is 2.24 bits per heavy atom. The van der Waals surface area contributed by atoms with Gasteiger partial charge in [0.2, 0.25) is 0 Å². The van der Waals surface area contributed by atoms with Crippen LogP contribution in [0.5, 0.6) is 0 Å². The fourth-order valence-corrected chi connectivity index (χ4v) is 1.66. The highest BCUT2D eigenvalue weighted by Gasteiger charge is 2.15. The summed E-state index contributed by atoms with van der Waals surface area (Å²) >= 11 is 0. The molecule has 120 valence electrons. The molecule has 0 saturated heterocycles. The van der Waals surface area contributed by atoms with Crippen molar-refractivity contribution in [2.75, 3.05) is 20.3 Å². The molecule has 0 fully saturated rings. The van der Waals surface area contributed by atoms with E-state index in [1.807, 2.05) is 6.92 Å². The van der Waals surface area contributed by atoms with E-state index in [-0.39, 0.29) is 25.7 Å². The summed E-state index contributed by atoms with van der Waals surface area (Å²) in [7, 11) is 1.58. The molecule has 1 heterocycles. The van der Waals surface area contributed by atoms with Crippen molar-refractivity contribution in [2.45, 2.75) is 38.1 Å². The number of aromatic nitrogens is 3. The minimum Gasteiger partial charge on any atom is -0.480 e. The van der Waals surface area contributed by atoms with Crippen molar-refractivity contribution in [2.24, 2.45) is 5.73 Å². The largest absolute Gasteiger partial charge is 0.480 e. The highest BCUT2D eigenvalue weighted by Crippen LogP contribution is 2.01. The molecule has 0 saturated carbocycles. The molecule has 1 aromatic rings. The van der Waals surface area contributed by atoms with Gasteiger partial charge < -0.3 is 25.4 Å². The van der Waals surface area contributed by atoms with Gasteiger partial charge in [-0.1, -0.05) is 5.21 Å². The number of carboxylic acid groups (broad SMARTS) is 1. The first-order valence-electron chi connectivity index (χ1n) is 6.58. The van der Waals surface area contributed by atoms with Crippen molar-refractivity contribution in [1.29, 1.82) is 0 Å². The minimum absolute atomic E-state index is 0.0901. The normalized spacial score (nSPS) is 15.6. The smallest absolute Gasteiger partial charge is 0.320 e. The van der Waals surface area contributed by atoms with Gasteiger partial charge in [0.1, 0.15) is 6.04 Å². The van der Waals surface area contributed by atoms with Crippen LogP contribution in [0.4, 0.5) is 0 Å². The lowest BCUT2D eigenvalue weighted by atomic mass is 10.2. The number of nitrogens with two attached hydrogens (primary N) is 1. The summed E-state index contributed by atoms with van der Waals surface area (Å²) < 4.78 is 11.7. The van der Waals surface area contributed by atoms with Gasteiger partial charge in [0, 0.05) is 19.7 Å². The Morgan fingerprint density at radius 1 is 1.52 bits per heavy atom. The Labute approximate surface area is 122 Å². The predicted octanol–water partition coefficient (Wildman–Crippen LogP) is -1.36. The van der Waals surface area contributed by atoms with E-state index in [9.17, 15) is 9.90 Å². The van der Waals surface area contributed by atoms with Crippen LogP contribution in [0, 0.1) is 0 Å². The Bertz CT molecular complexity index is 439. The highest BCUT2D eigenvalue weighted by molar-refractivity contribution is 5.73. The molecule has 0 radical (unpaired) electrons. The fourth-order valence-electron chi connectivity index (χ4n) is 1.66. The third-order valence-corrected chi connectivity index (χ3v) is 2.70. The third-order valence-electron chi connectivity index (χ3n) is 2.70. The Hall–Kier alpha value is -1.55. The summed E-state index contributed by atoms with van der Waals surface area (Å²) in [4.78, 5) is 10.6. The third kappa shape index (κ3) is 6.63. The lowest BCUT2D eigenvalue weighted by molar-refractivity contribution is -0.138. The maximum absolute atomic E-state index is 10.6. The fraction of sp³-hybridized carbons (Fsp3) is 0.750. The molecule has 0 aliphatic rings. The molecular weight excluding hydrogens is 280 g/mol. The lowest BCUT2D eigenvalue weighted by Crippen LogP contribution is -2.32. The standard InChI is InChI=1S/C12H22N4O5/c1-8(6-20-2)21-7-10(17)5-16-4-9(14-15-16)3-11(13)12(18)19/h4,8,10-11,17H,3,5-7,13H2,1-2H3,(H,18,19). The number of carbonyl (C=O) groups is 1. The zero-order chi connectivity index (χ0) is 15.8. The molecule has 0 amide bonds. The average Bonchev–Trinajstić information content (AvgIpc) is 2.84. The number of aliphatic carboxylic acids is 1. The van der Waals surface area contributed by atoms with Crippen molar-refractivity contribution in [3.05, 3.63) is 11.9 Å². The van der Waals surface area contributed by atoms with E-state index in [1.54, 1.807) is 13.3 Å². The van der Waals surface area contributed by atoms with Crippen LogP contribution in [0.15, 0.2) is 6.20 Å². The number of rotatable bonds is 10. The van der Waals surface area contributed by atoms with Gasteiger partial charge in [-0.3, -0.25) is 4.79 Å². The van der Waals surface area contributed by atoms with Gasteiger partial charge in [-0.15, -0.1) is 5.10 Å². The van der Waals surface area contributed by atoms with E-state index in [2.05, 4.69) is 10.3 Å². The summed E-state index contributed by atoms with van der Waals surface area (Å²) in [5.41, 5.74) is 5.87. The van der Waals surface area contributed by atoms with Gasteiger partial charge in [-0.25, -0.2) is 4.68 Å². The van der Waals surface area contributed by atoms with E-state index >= 15 is 0 Å². The van der Waals surface area contributed by atoms with E-state index in [1.165, 1.54) is 4.68 Å². The number of nitrogens with zero attached hydrogens (tertiary/aromatic N) is 3. The first kappa shape index (κ1) is 17.5. The quantitative estimate of drug-likeness (QED) is 0.483. The summed E-state index contributed by atoms with van der Waals surface area (Å²) in [6, 6.07) is -1.02. The van der Waals surface area contributed by atoms with Crippen molar-refractivity contribution < 1.29 is 24.5 Å². The van der Waals surface area contributed by atoms with Gasteiger partial charge >= 0.3 is 5.97 Å². The Morgan fingerprint density at radius 3 is 2.86 bits per heavy atom. The molecule has 3 unspecified atom stereocenters. The molecule has 9 heteroatoms. The lowest BCUT2D eigenvalue weighted by Gasteiger charge is -2.15. The number of ether oxygens (including phenoxy) is 2. The van der Waals surface area contributed by atoms with Crippen molar-refractivity contribution in [1.82, 2.24) is 15.0 Å². The topological polar surface area (TPSA) is 133 Å². The van der Waals surface area contributed by atoms with Crippen LogP contribution in [-0.4, -0.2) is 69.7 Å². The number of hydrogen-bond donors (Lipinski definition) is 3. The monoisotopic (exact) mass is 302 g/mol. The molecule has 4 N–H and O–H groups in total. The molecule has 3 atom stereocenters. The summed E-state index contributed by atoms with van der Waals surface area (Å²) in [5, 5.41) is 26.2. The maximum atomic E-state index is 10.6. The van der Waals surface area contributed by atoms with Gasteiger partial charge in [0.05, 0.1) is 37.7 Å². The van der Waals surface area contributed by atoms with Crippen LogP contribution in [0.1, 0.15) is 12.6 Å². The maximum Gasteiger partial charge on any atom is 0.320 e. The second-order valence-electron chi connectivity index (χ2n) is 4.83. The van der Waals surface area contributed by atoms with Gasteiger partial charge in [0.15, 0.2) is 0 Å². The van der Waals surface area contributed by atoms with Crippen molar-refractivity contribution in [3.8, 4) is 0 Å². The summed E-state index contributed by atoms with van der Waals surface area (Å²) in [5.74, 6) is -1.09. The van der Waals surface area contributed by atoms with E-state index in [0.29, 0.717) is 12.3 Å². The number of aliphatic hydroxyl groups is 1. The van der Waals surface area contributed by atoms with E-state index in [4.69, 9.17) is 20.3 Å². The van der Waals surface area contributed by atoms with Crippen molar-refractivity contribution in [3.63, 3.8) is 0 Å². The first-order valence-corrected chi connectivity index (χ1v) is 6.58. The number of aliphatic hydroxyl groups excluding tert-OH is 1. The van der Waals surface area contributed by atoms with Gasteiger partial charge in [-0.05, 0) is 6.92 Å². The Kier molecular flexibility index (Phi) is 7.23. The highest BCUT2D eigenvalue weighted by atomic mass is 16.5. The number of methoxy groups -OCH3 is 1. The van der Waals surface area contributed by atoms with Crippen LogP contribution >= 0.6 is 0 Å². The predicted molar refractivity (Wildman–Crippen MR) is 72.6 cm³/mol. The molecule has 1 rings (SSSR count).